The van der Waals surface area contributed by atoms with Crippen LogP contribution in [0.3, 0.4) is 0 Å². The molecule has 2 amide bonds. The number of halogens is 1. The van der Waals surface area contributed by atoms with E-state index in [2.05, 4.69) is 5.32 Å². The second kappa shape index (κ2) is 9.98. The highest BCUT2D eigenvalue weighted by molar-refractivity contribution is 6.31. The predicted molar refractivity (Wildman–Crippen MR) is 104 cm³/mol. The van der Waals surface area contributed by atoms with Crippen molar-refractivity contribution in [1.82, 2.24) is 10.2 Å². The maximum atomic E-state index is 12.3. The third kappa shape index (κ3) is 6.01. The minimum absolute atomic E-state index is 0.0617. The molecule has 154 valence electrons. The van der Waals surface area contributed by atoms with Crippen LogP contribution in [0.2, 0.25) is 5.02 Å². The highest BCUT2D eigenvalue weighted by Crippen LogP contribution is 2.31. The first-order chi connectivity index (χ1) is 13.5. The Bertz CT molecular complexity index is 693. The van der Waals surface area contributed by atoms with E-state index in [9.17, 15) is 9.59 Å². The van der Waals surface area contributed by atoms with E-state index in [-0.39, 0.29) is 12.2 Å². The number of rotatable bonds is 5. The van der Waals surface area contributed by atoms with Gasteiger partial charge >= 0.3 is 12.2 Å². The Balaban J connectivity index is 1.32. The number of amides is 2. The fourth-order valence-electron chi connectivity index (χ4n) is 3.25. The molecule has 1 saturated carbocycles. The van der Waals surface area contributed by atoms with Crippen molar-refractivity contribution in [3.05, 3.63) is 34.3 Å². The van der Waals surface area contributed by atoms with Crippen molar-refractivity contribution >= 4 is 23.8 Å². The molecule has 0 radical (unpaired) electrons. The molecule has 0 atom stereocenters. The number of nitrogens with zero attached hydrogens (tertiary/aromatic N) is 1. The molecule has 0 unspecified atom stereocenters. The van der Waals surface area contributed by atoms with E-state index in [0.717, 1.165) is 29.0 Å². The number of alkyl carbamates (subject to hydrolysis) is 1. The normalized spacial score (nSPS) is 22.8. The number of hydrogen-bond donors (Lipinski definition) is 1. The molecule has 28 heavy (non-hydrogen) atoms. The number of aryl methyl sites for hydroxylation is 1. The first kappa shape index (κ1) is 20.7. The SMILES string of the molecule is Cc1ccc(COCC2CC(OC(=O)N3CCCOC(=O)NCC3)C2)cc1Cl. The van der Waals surface area contributed by atoms with Crippen molar-refractivity contribution in [2.75, 3.05) is 32.8 Å². The highest BCUT2D eigenvalue weighted by atomic mass is 35.5. The largest absolute Gasteiger partial charge is 0.449 e. The molecule has 8 heteroatoms. The van der Waals surface area contributed by atoms with E-state index in [1.54, 1.807) is 4.90 Å². The van der Waals surface area contributed by atoms with E-state index in [1.165, 1.54) is 0 Å². The second-order valence-corrected chi connectivity index (χ2v) is 7.75. The Hall–Kier alpha value is -1.99. The number of nitrogens with one attached hydrogen (secondary N) is 1. The third-order valence-electron chi connectivity index (χ3n) is 5.03. The molecule has 7 nitrogen and oxygen atoms in total. The van der Waals surface area contributed by atoms with Crippen molar-refractivity contribution in [3.63, 3.8) is 0 Å². The topological polar surface area (TPSA) is 77.1 Å². The van der Waals surface area contributed by atoms with Gasteiger partial charge in [-0.25, -0.2) is 9.59 Å². The van der Waals surface area contributed by atoms with Gasteiger partial charge in [-0.2, -0.15) is 0 Å². The molecule has 1 N–H and O–H groups in total. The first-order valence-corrected chi connectivity index (χ1v) is 10.1. The zero-order valence-corrected chi connectivity index (χ0v) is 16.9. The molecule has 1 aromatic rings. The highest BCUT2D eigenvalue weighted by Gasteiger charge is 2.33. The smallest absolute Gasteiger partial charge is 0.410 e. The zero-order valence-electron chi connectivity index (χ0n) is 16.1. The van der Waals surface area contributed by atoms with Gasteiger partial charge in [0, 0.05) is 24.7 Å². The molecule has 2 fully saturated rings. The minimum Gasteiger partial charge on any atom is -0.449 e. The maximum absolute atomic E-state index is 12.3. The summed E-state index contributed by atoms with van der Waals surface area (Å²) in [6.45, 7) is 4.75. The van der Waals surface area contributed by atoms with Gasteiger partial charge in [-0.1, -0.05) is 23.7 Å². The molecule has 1 aliphatic heterocycles. The average molecular weight is 411 g/mol. The molecule has 2 aliphatic rings. The Kier molecular flexibility index (Phi) is 7.39. The minimum atomic E-state index is -0.440. The summed E-state index contributed by atoms with van der Waals surface area (Å²) in [5, 5.41) is 3.36. The van der Waals surface area contributed by atoms with Crippen molar-refractivity contribution < 1.29 is 23.8 Å². The van der Waals surface area contributed by atoms with Crippen LogP contribution in [0, 0.1) is 12.8 Å². The number of benzene rings is 1. The Morgan fingerprint density at radius 1 is 1.36 bits per heavy atom. The van der Waals surface area contributed by atoms with Crippen LogP contribution in [-0.2, 0) is 20.8 Å². The number of hydrogen-bond acceptors (Lipinski definition) is 5. The lowest BCUT2D eigenvalue weighted by atomic mass is 9.83. The Morgan fingerprint density at radius 3 is 2.96 bits per heavy atom. The van der Waals surface area contributed by atoms with Gasteiger partial charge in [-0.05, 0) is 49.3 Å². The summed E-state index contributed by atoms with van der Waals surface area (Å²) in [6.07, 6.45) is 1.41. The van der Waals surface area contributed by atoms with Gasteiger partial charge in [0.15, 0.2) is 0 Å². The van der Waals surface area contributed by atoms with Crippen LogP contribution in [0.15, 0.2) is 18.2 Å². The average Bonchev–Trinajstić information content (AvgIpc) is 2.74. The second-order valence-electron chi connectivity index (χ2n) is 7.35. The number of carbonyl (C=O) groups is 2. The Labute approximate surface area is 170 Å². The van der Waals surface area contributed by atoms with Gasteiger partial charge < -0.3 is 24.4 Å². The molecule has 1 heterocycles. The van der Waals surface area contributed by atoms with E-state index in [0.29, 0.717) is 51.8 Å². The lowest BCUT2D eigenvalue weighted by Crippen LogP contribution is -2.43. The standard InChI is InChI=1S/C20H27ClN2O5/c1-14-3-4-15(11-18(14)21)12-26-13-16-9-17(10-16)28-20(25)23-6-2-8-27-19(24)22-5-7-23/h3-4,11,16-17H,2,5-10,12-13H2,1H3,(H,22,24). The van der Waals surface area contributed by atoms with Crippen molar-refractivity contribution in [1.29, 1.82) is 0 Å². The molecule has 3 rings (SSSR count). The van der Waals surface area contributed by atoms with Gasteiger partial charge in [0.05, 0.1) is 19.8 Å². The summed E-state index contributed by atoms with van der Waals surface area (Å²) in [4.78, 5) is 25.2. The summed E-state index contributed by atoms with van der Waals surface area (Å²) < 4.78 is 16.3. The van der Waals surface area contributed by atoms with Crippen LogP contribution in [0.5, 0.6) is 0 Å². The summed E-state index contributed by atoms with van der Waals surface area (Å²) in [7, 11) is 0. The number of carbonyl (C=O) groups excluding carboxylic acids is 2. The van der Waals surface area contributed by atoms with Gasteiger partial charge in [-0.3, -0.25) is 0 Å². The van der Waals surface area contributed by atoms with Gasteiger partial charge in [0.25, 0.3) is 0 Å². The van der Waals surface area contributed by atoms with E-state index >= 15 is 0 Å². The summed E-state index contributed by atoms with van der Waals surface area (Å²) in [5.74, 6) is 0.405. The molecule has 0 aromatic heterocycles. The van der Waals surface area contributed by atoms with E-state index in [1.807, 2.05) is 25.1 Å². The van der Waals surface area contributed by atoms with Crippen LogP contribution >= 0.6 is 11.6 Å². The van der Waals surface area contributed by atoms with Crippen LogP contribution in [0.25, 0.3) is 0 Å². The van der Waals surface area contributed by atoms with Crippen LogP contribution in [0.4, 0.5) is 9.59 Å². The number of ether oxygens (including phenoxy) is 3. The summed E-state index contributed by atoms with van der Waals surface area (Å²) >= 11 is 6.13. The molecule has 1 saturated heterocycles. The van der Waals surface area contributed by atoms with E-state index in [4.69, 9.17) is 25.8 Å². The fourth-order valence-corrected chi connectivity index (χ4v) is 3.46. The van der Waals surface area contributed by atoms with Crippen LogP contribution < -0.4 is 5.32 Å². The lowest BCUT2D eigenvalue weighted by Gasteiger charge is -2.35. The van der Waals surface area contributed by atoms with Gasteiger partial charge in [-0.15, -0.1) is 0 Å². The molecular formula is C20H27ClN2O5. The molecule has 1 aliphatic carbocycles. The molecular weight excluding hydrogens is 384 g/mol. The van der Waals surface area contributed by atoms with E-state index < -0.39 is 6.09 Å². The number of cyclic esters (lactones) is 1. The maximum Gasteiger partial charge on any atom is 0.410 e. The molecule has 1 aromatic carbocycles. The Morgan fingerprint density at radius 2 is 2.18 bits per heavy atom. The predicted octanol–water partition coefficient (Wildman–Crippen LogP) is 3.51. The summed E-state index contributed by atoms with van der Waals surface area (Å²) in [5.41, 5.74) is 2.11. The monoisotopic (exact) mass is 410 g/mol. The van der Waals surface area contributed by atoms with Crippen LogP contribution in [-0.4, -0.2) is 56.0 Å². The van der Waals surface area contributed by atoms with Gasteiger partial charge in [0.2, 0.25) is 0 Å². The summed E-state index contributed by atoms with van der Waals surface area (Å²) in [6, 6.07) is 5.94. The quantitative estimate of drug-likeness (QED) is 0.803. The van der Waals surface area contributed by atoms with Gasteiger partial charge in [0.1, 0.15) is 6.10 Å². The third-order valence-corrected chi connectivity index (χ3v) is 5.44. The lowest BCUT2D eigenvalue weighted by molar-refractivity contribution is -0.0344. The first-order valence-electron chi connectivity index (χ1n) is 9.70. The van der Waals surface area contributed by atoms with Crippen LogP contribution in [0.1, 0.15) is 30.4 Å². The molecule has 0 bridgehead atoms. The van der Waals surface area contributed by atoms with Crippen molar-refractivity contribution in [2.24, 2.45) is 5.92 Å². The fraction of sp³-hybridized carbons (Fsp3) is 0.600. The van der Waals surface area contributed by atoms with Crippen molar-refractivity contribution in [2.45, 2.75) is 38.9 Å². The van der Waals surface area contributed by atoms with Crippen molar-refractivity contribution in [3.8, 4) is 0 Å². The molecule has 0 spiro atoms. The zero-order chi connectivity index (χ0) is 19.9.